The summed E-state index contributed by atoms with van der Waals surface area (Å²) in [5, 5.41) is 9.72. The second-order valence-corrected chi connectivity index (χ2v) is 5.70. The molecule has 0 aliphatic carbocycles. The molecule has 0 saturated carbocycles. The van der Waals surface area contributed by atoms with E-state index in [1.165, 1.54) is 4.90 Å². The molecule has 2 rings (SSSR count). The summed E-state index contributed by atoms with van der Waals surface area (Å²) >= 11 is 0. The molecule has 102 valence electrons. The van der Waals surface area contributed by atoms with E-state index in [0.717, 1.165) is 0 Å². The van der Waals surface area contributed by atoms with Crippen molar-refractivity contribution in [2.75, 3.05) is 4.90 Å². The van der Waals surface area contributed by atoms with Gasteiger partial charge in [-0.3, -0.25) is 9.59 Å². The van der Waals surface area contributed by atoms with Gasteiger partial charge in [0, 0.05) is 12.0 Å². The van der Waals surface area contributed by atoms with Crippen LogP contribution in [0, 0.1) is 18.3 Å². The minimum Gasteiger partial charge on any atom is -0.508 e. The van der Waals surface area contributed by atoms with Gasteiger partial charge in [-0.05, 0) is 31.9 Å². The molecule has 4 nitrogen and oxygen atoms in total. The van der Waals surface area contributed by atoms with Crippen molar-refractivity contribution in [3.63, 3.8) is 0 Å². The normalized spacial score (nSPS) is 23.5. The minimum atomic E-state index is -0.658. The molecule has 19 heavy (non-hydrogen) atoms. The number of rotatable bonds is 2. The summed E-state index contributed by atoms with van der Waals surface area (Å²) in [7, 11) is 0. The fourth-order valence-corrected chi connectivity index (χ4v) is 2.39. The second-order valence-electron chi connectivity index (χ2n) is 5.70. The molecule has 0 spiro atoms. The Morgan fingerprint density at radius 3 is 2.47 bits per heavy atom. The van der Waals surface area contributed by atoms with Crippen molar-refractivity contribution in [3.05, 3.63) is 23.8 Å². The summed E-state index contributed by atoms with van der Waals surface area (Å²) in [5.41, 5.74) is 0.381. The molecule has 0 bridgehead atoms. The Morgan fingerprint density at radius 1 is 1.32 bits per heavy atom. The highest BCUT2D eigenvalue weighted by atomic mass is 16.3. The highest BCUT2D eigenvalue weighted by Gasteiger charge is 2.50. The van der Waals surface area contributed by atoms with Crippen molar-refractivity contribution < 1.29 is 14.7 Å². The number of amides is 2. The Bertz CT molecular complexity index is 550. The molecule has 0 aromatic heterocycles. The molecule has 1 heterocycles. The number of phenolic OH excluding ortho intramolecular Hbond substituents is 1. The predicted molar refractivity (Wildman–Crippen MR) is 72.9 cm³/mol. The van der Waals surface area contributed by atoms with Crippen molar-refractivity contribution in [3.8, 4) is 5.75 Å². The highest BCUT2D eigenvalue weighted by Crippen LogP contribution is 2.42. The maximum Gasteiger partial charge on any atom is 0.240 e. The van der Waals surface area contributed by atoms with Crippen LogP contribution in [0.4, 0.5) is 5.69 Å². The molecule has 1 aromatic carbocycles. The molecular formula is C15H19NO3. The van der Waals surface area contributed by atoms with Crippen molar-refractivity contribution in [1.82, 2.24) is 0 Å². The monoisotopic (exact) mass is 261 g/mol. The number of carbonyl (C=O) groups is 2. The number of carbonyl (C=O) groups excluding carboxylic acids is 2. The van der Waals surface area contributed by atoms with E-state index in [0.29, 0.717) is 11.3 Å². The Morgan fingerprint density at radius 2 is 1.95 bits per heavy atom. The zero-order valence-corrected chi connectivity index (χ0v) is 11.7. The third-order valence-corrected chi connectivity index (χ3v) is 4.25. The lowest BCUT2D eigenvalue weighted by molar-refractivity contribution is -0.126. The number of anilines is 1. The van der Waals surface area contributed by atoms with Crippen LogP contribution in [0.25, 0.3) is 0 Å². The molecule has 4 heteroatoms. The molecule has 1 aliphatic rings. The lowest BCUT2D eigenvalue weighted by Gasteiger charge is -2.26. The average molecular weight is 261 g/mol. The maximum atomic E-state index is 12.6. The quantitative estimate of drug-likeness (QED) is 0.832. The summed E-state index contributed by atoms with van der Waals surface area (Å²) in [6.45, 7) is 7.43. The van der Waals surface area contributed by atoms with E-state index >= 15 is 0 Å². The van der Waals surface area contributed by atoms with Crippen molar-refractivity contribution in [2.24, 2.45) is 11.3 Å². The van der Waals surface area contributed by atoms with Gasteiger partial charge >= 0.3 is 0 Å². The number of nitrogens with zero attached hydrogens (tertiary/aromatic N) is 1. The maximum absolute atomic E-state index is 12.6. The summed E-state index contributed by atoms with van der Waals surface area (Å²) in [6, 6.07) is 4.88. The molecule has 0 radical (unpaired) electrons. The molecule has 1 saturated heterocycles. The fraction of sp³-hybridized carbons (Fsp3) is 0.467. The van der Waals surface area contributed by atoms with E-state index in [1.54, 1.807) is 25.1 Å². The van der Waals surface area contributed by atoms with E-state index in [-0.39, 0.29) is 29.9 Å². The third-order valence-electron chi connectivity index (χ3n) is 4.25. The van der Waals surface area contributed by atoms with E-state index in [4.69, 9.17) is 0 Å². The van der Waals surface area contributed by atoms with Gasteiger partial charge in [0.05, 0.1) is 11.1 Å². The Labute approximate surface area is 113 Å². The van der Waals surface area contributed by atoms with Crippen LogP contribution in [-0.4, -0.2) is 16.9 Å². The van der Waals surface area contributed by atoms with Gasteiger partial charge in [0.15, 0.2) is 0 Å². The van der Waals surface area contributed by atoms with Gasteiger partial charge in [0.25, 0.3) is 0 Å². The first-order valence-corrected chi connectivity index (χ1v) is 6.45. The molecule has 1 aliphatic heterocycles. The van der Waals surface area contributed by atoms with Crippen LogP contribution in [0.5, 0.6) is 5.75 Å². The molecule has 1 aromatic rings. The molecule has 1 fully saturated rings. The second kappa shape index (κ2) is 4.37. The number of imide groups is 1. The summed E-state index contributed by atoms with van der Waals surface area (Å²) < 4.78 is 0. The highest BCUT2D eigenvalue weighted by molar-refractivity contribution is 6.22. The van der Waals surface area contributed by atoms with Crippen molar-refractivity contribution >= 4 is 17.5 Å². The minimum absolute atomic E-state index is 0.0894. The topological polar surface area (TPSA) is 57.6 Å². The predicted octanol–water partition coefficient (Wildman–Crippen LogP) is 2.63. The van der Waals surface area contributed by atoms with E-state index < -0.39 is 5.41 Å². The molecule has 1 N–H and O–H groups in total. The Kier molecular flexibility index (Phi) is 3.12. The SMILES string of the molecule is Cc1c(O)cccc1N1C(=O)CC(C)(C(C)C)C1=O. The first-order chi connectivity index (χ1) is 8.79. The van der Waals surface area contributed by atoms with E-state index in [2.05, 4.69) is 0 Å². The van der Waals surface area contributed by atoms with Crippen LogP contribution < -0.4 is 4.90 Å². The van der Waals surface area contributed by atoms with Crippen LogP contribution in [0.15, 0.2) is 18.2 Å². The Balaban J connectivity index is 2.50. The van der Waals surface area contributed by atoms with Crippen LogP contribution in [-0.2, 0) is 9.59 Å². The first kappa shape index (κ1) is 13.6. The van der Waals surface area contributed by atoms with Gasteiger partial charge in [-0.25, -0.2) is 4.90 Å². The largest absolute Gasteiger partial charge is 0.508 e. The average Bonchev–Trinajstić information content (AvgIpc) is 2.56. The molecular weight excluding hydrogens is 242 g/mol. The van der Waals surface area contributed by atoms with Gasteiger partial charge in [-0.1, -0.05) is 19.9 Å². The van der Waals surface area contributed by atoms with Crippen LogP contribution in [0.3, 0.4) is 0 Å². The van der Waals surface area contributed by atoms with Gasteiger partial charge in [0.2, 0.25) is 11.8 Å². The van der Waals surface area contributed by atoms with Gasteiger partial charge in [-0.15, -0.1) is 0 Å². The van der Waals surface area contributed by atoms with Gasteiger partial charge in [0.1, 0.15) is 5.75 Å². The zero-order valence-electron chi connectivity index (χ0n) is 11.7. The van der Waals surface area contributed by atoms with E-state index in [9.17, 15) is 14.7 Å². The first-order valence-electron chi connectivity index (χ1n) is 6.45. The fourth-order valence-electron chi connectivity index (χ4n) is 2.39. The number of aromatic hydroxyl groups is 1. The van der Waals surface area contributed by atoms with Gasteiger partial charge in [-0.2, -0.15) is 0 Å². The smallest absolute Gasteiger partial charge is 0.240 e. The summed E-state index contributed by atoms with van der Waals surface area (Å²) in [4.78, 5) is 26.0. The number of phenols is 1. The zero-order chi connectivity index (χ0) is 14.4. The third kappa shape index (κ3) is 1.91. The lowest BCUT2D eigenvalue weighted by Crippen LogP contribution is -2.37. The number of benzene rings is 1. The number of hydrogen-bond donors (Lipinski definition) is 1. The van der Waals surface area contributed by atoms with Crippen molar-refractivity contribution in [2.45, 2.75) is 34.1 Å². The summed E-state index contributed by atoms with van der Waals surface area (Å²) in [5.74, 6) is -0.195. The summed E-state index contributed by atoms with van der Waals surface area (Å²) in [6.07, 6.45) is 0.221. The molecule has 2 amide bonds. The van der Waals surface area contributed by atoms with Crippen LogP contribution >= 0.6 is 0 Å². The molecule has 1 atom stereocenters. The lowest BCUT2D eigenvalue weighted by atomic mass is 9.78. The van der Waals surface area contributed by atoms with Gasteiger partial charge < -0.3 is 5.11 Å². The Hall–Kier alpha value is -1.84. The van der Waals surface area contributed by atoms with Crippen LogP contribution in [0.2, 0.25) is 0 Å². The van der Waals surface area contributed by atoms with E-state index in [1.807, 2.05) is 20.8 Å². The number of hydrogen-bond acceptors (Lipinski definition) is 3. The molecule has 1 unspecified atom stereocenters. The van der Waals surface area contributed by atoms with Crippen LogP contribution in [0.1, 0.15) is 32.8 Å². The standard InChI is InChI=1S/C15H19NO3/c1-9(2)15(4)8-13(18)16(14(15)19)11-6-5-7-12(17)10(11)3/h5-7,9,17H,8H2,1-4H3. The van der Waals surface area contributed by atoms with Crippen molar-refractivity contribution in [1.29, 1.82) is 0 Å².